The second kappa shape index (κ2) is 45.9. The van der Waals surface area contributed by atoms with Crippen LogP contribution < -0.4 is 5.32 Å². The van der Waals surface area contributed by atoms with Crippen LogP contribution in [0.4, 0.5) is 0 Å². The van der Waals surface area contributed by atoms with Crippen LogP contribution in [0.15, 0.2) is 24.3 Å². The number of hydrogen-bond acceptors (Lipinski definition) is 5. The lowest BCUT2D eigenvalue weighted by molar-refractivity contribution is -0.132. The van der Waals surface area contributed by atoms with Crippen LogP contribution in [-0.2, 0) is 4.79 Å². The van der Waals surface area contributed by atoms with E-state index in [-0.39, 0.29) is 0 Å². The molecule has 57 heavy (non-hydrogen) atoms. The molecule has 1 amide bonds. The second-order valence-corrected chi connectivity index (χ2v) is 17.5. The van der Waals surface area contributed by atoms with Gasteiger partial charge in [0.05, 0.1) is 18.8 Å². The Bertz CT molecular complexity index is 863. The van der Waals surface area contributed by atoms with Crippen molar-refractivity contribution in [3.05, 3.63) is 24.3 Å². The van der Waals surface area contributed by atoms with Crippen LogP contribution in [0.25, 0.3) is 0 Å². The van der Waals surface area contributed by atoms with Crippen LogP contribution in [-0.4, -0.2) is 57.3 Å². The van der Waals surface area contributed by atoms with Gasteiger partial charge in [-0.3, -0.25) is 4.79 Å². The van der Waals surface area contributed by atoms with Gasteiger partial charge in [0.15, 0.2) is 0 Å². The lowest BCUT2D eigenvalue weighted by Gasteiger charge is -2.27. The van der Waals surface area contributed by atoms with Crippen molar-refractivity contribution < 1.29 is 25.2 Å². The fraction of sp³-hybridized carbons (Fsp3) is 0.902. The molecule has 6 heteroatoms. The number of aliphatic hydroxyl groups excluding tert-OH is 4. The fourth-order valence-electron chi connectivity index (χ4n) is 7.91. The van der Waals surface area contributed by atoms with Gasteiger partial charge in [0, 0.05) is 0 Å². The maximum atomic E-state index is 12.4. The van der Waals surface area contributed by atoms with E-state index in [1.165, 1.54) is 180 Å². The Morgan fingerprint density at radius 3 is 1.11 bits per heavy atom. The third kappa shape index (κ3) is 40.0. The molecular weight excluding hydrogens is 707 g/mol. The smallest absolute Gasteiger partial charge is 0.249 e. The Hall–Kier alpha value is -1.21. The minimum atomic E-state index is -1.25. The molecule has 338 valence electrons. The number of aliphatic hydroxyl groups is 4. The maximum absolute atomic E-state index is 12.4. The normalized spacial score (nSPS) is 14.1. The zero-order valence-electron chi connectivity index (χ0n) is 38.1. The summed E-state index contributed by atoms with van der Waals surface area (Å²) in [6, 6.07) is -0.980. The highest BCUT2D eigenvalue weighted by atomic mass is 16.3. The minimum Gasteiger partial charge on any atom is -0.394 e. The molecule has 0 aliphatic heterocycles. The molecule has 6 nitrogen and oxygen atoms in total. The molecule has 0 bridgehead atoms. The lowest BCUT2D eigenvalue weighted by Crippen LogP contribution is -2.53. The second-order valence-electron chi connectivity index (χ2n) is 17.5. The molecule has 0 aliphatic carbocycles. The highest BCUT2D eigenvalue weighted by Crippen LogP contribution is 2.17. The van der Waals surface area contributed by atoms with Gasteiger partial charge in [0.25, 0.3) is 0 Å². The van der Waals surface area contributed by atoms with Crippen molar-refractivity contribution in [2.75, 3.05) is 6.61 Å². The van der Waals surface area contributed by atoms with Crippen molar-refractivity contribution in [3.8, 4) is 0 Å². The van der Waals surface area contributed by atoms with E-state index in [0.717, 1.165) is 57.8 Å². The van der Waals surface area contributed by atoms with Gasteiger partial charge in [0.1, 0.15) is 12.2 Å². The summed E-state index contributed by atoms with van der Waals surface area (Å²) >= 11 is 0. The van der Waals surface area contributed by atoms with E-state index in [0.29, 0.717) is 12.8 Å². The Morgan fingerprint density at radius 2 is 0.754 bits per heavy atom. The molecule has 0 aliphatic rings. The van der Waals surface area contributed by atoms with E-state index >= 15 is 0 Å². The molecule has 0 rings (SSSR count). The highest BCUT2D eigenvalue weighted by molar-refractivity contribution is 5.80. The van der Waals surface area contributed by atoms with Crippen molar-refractivity contribution in [2.45, 2.75) is 289 Å². The molecule has 0 fully saturated rings. The first kappa shape index (κ1) is 55.8. The average molecular weight is 806 g/mol. The van der Waals surface area contributed by atoms with Gasteiger partial charge in [-0.15, -0.1) is 0 Å². The quantitative estimate of drug-likeness (QED) is 0.0311. The molecule has 0 radical (unpaired) electrons. The lowest BCUT2D eigenvalue weighted by atomic mass is 9.99. The Balaban J connectivity index is 3.46. The molecule has 4 atom stereocenters. The number of carbonyl (C=O) groups excluding carboxylic acids is 1. The van der Waals surface area contributed by atoms with Crippen LogP contribution in [0.5, 0.6) is 0 Å². The van der Waals surface area contributed by atoms with Crippen molar-refractivity contribution in [2.24, 2.45) is 0 Å². The standard InChI is InChI=1S/C51H99NO5/c1-3-5-7-9-10-11-12-13-14-15-16-17-18-19-20-21-22-23-24-25-26-27-28-29-30-31-32-33-34-35-36-37-38-39-41-43-45-49(55)51(57)52-47(46-53)50(56)48(54)44-42-40-8-6-4-2/h20-21,23-24,47-50,53-56H,3-19,22,25-46H2,1-2H3,(H,52,57)/b21-20-,24-23-. The number of amides is 1. The molecular formula is C51H99NO5. The first-order valence-corrected chi connectivity index (χ1v) is 25.2. The van der Waals surface area contributed by atoms with Gasteiger partial charge in [0.2, 0.25) is 5.91 Å². The monoisotopic (exact) mass is 806 g/mol. The first-order chi connectivity index (χ1) is 28.0. The molecule has 0 heterocycles. The van der Waals surface area contributed by atoms with Crippen LogP contribution >= 0.6 is 0 Å². The van der Waals surface area contributed by atoms with Crippen LogP contribution in [0.3, 0.4) is 0 Å². The third-order valence-corrected chi connectivity index (χ3v) is 11.9. The molecule has 0 aromatic heterocycles. The first-order valence-electron chi connectivity index (χ1n) is 25.2. The number of hydrogen-bond donors (Lipinski definition) is 5. The fourth-order valence-corrected chi connectivity index (χ4v) is 7.91. The highest BCUT2D eigenvalue weighted by Gasteiger charge is 2.28. The summed E-state index contributed by atoms with van der Waals surface area (Å²) in [6.07, 6.45) is 54.5. The average Bonchev–Trinajstić information content (AvgIpc) is 3.22. The zero-order valence-corrected chi connectivity index (χ0v) is 38.1. The van der Waals surface area contributed by atoms with Crippen LogP contribution in [0, 0.1) is 0 Å². The third-order valence-electron chi connectivity index (χ3n) is 11.9. The molecule has 0 saturated carbocycles. The van der Waals surface area contributed by atoms with Gasteiger partial charge in [-0.25, -0.2) is 0 Å². The minimum absolute atomic E-state index is 0.370. The van der Waals surface area contributed by atoms with Crippen LogP contribution in [0.2, 0.25) is 0 Å². The Kier molecular flexibility index (Phi) is 44.9. The summed E-state index contributed by atoms with van der Waals surface area (Å²) in [5.74, 6) is -0.588. The zero-order chi connectivity index (χ0) is 41.7. The van der Waals surface area contributed by atoms with Crippen LogP contribution in [0.1, 0.15) is 264 Å². The number of nitrogens with one attached hydrogen (secondary N) is 1. The van der Waals surface area contributed by atoms with E-state index in [4.69, 9.17) is 0 Å². The van der Waals surface area contributed by atoms with E-state index in [1.807, 2.05) is 0 Å². The summed E-state index contributed by atoms with van der Waals surface area (Å²) in [5, 5.41) is 43.2. The van der Waals surface area contributed by atoms with E-state index in [1.54, 1.807) is 0 Å². The largest absolute Gasteiger partial charge is 0.394 e. The van der Waals surface area contributed by atoms with Crippen molar-refractivity contribution in [3.63, 3.8) is 0 Å². The summed E-state index contributed by atoms with van der Waals surface area (Å²) in [7, 11) is 0. The Morgan fingerprint density at radius 1 is 0.439 bits per heavy atom. The van der Waals surface area contributed by atoms with Crippen molar-refractivity contribution >= 4 is 5.91 Å². The van der Waals surface area contributed by atoms with E-state index in [9.17, 15) is 25.2 Å². The summed E-state index contributed by atoms with van der Waals surface area (Å²) < 4.78 is 0. The predicted octanol–water partition coefficient (Wildman–Crippen LogP) is 13.9. The molecule has 0 aromatic carbocycles. The number of carbonyl (C=O) groups is 1. The number of rotatable bonds is 46. The SMILES string of the molecule is CCCCCCCCCCCCCCC/C=C\C/C=C\CCCCCCCCCCCCCCCCCCC(O)C(=O)NC(CO)C(O)C(O)CCCCCCC. The van der Waals surface area contributed by atoms with Gasteiger partial charge in [-0.1, -0.05) is 244 Å². The molecule has 4 unspecified atom stereocenters. The predicted molar refractivity (Wildman–Crippen MR) is 247 cm³/mol. The number of allylic oxidation sites excluding steroid dienone is 4. The molecule has 0 aromatic rings. The molecule has 5 N–H and O–H groups in total. The van der Waals surface area contributed by atoms with Gasteiger partial charge in [-0.05, 0) is 44.9 Å². The van der Waals surface area contributed by atoms with E-state index in [2.05, 4.69) is 43.5 Å². The maximum Gasteiger partial charge on any atom is 0.249 e. The number of unbranched alkanes of at least 4 members (excludes halogenated alkanes) is 33. The molecule has 0 saturated heterocycles. The summed E-state index contributed by atoms with van der Waals surface area (Å²) in [5.41, 5.74) is 0. The summed E-state index contributed by atoms with van der Waals surface area (Å²) in [4.78, 5) is 12.4. The van der Waals surface area contributed by atoms with Gasteiger partial charge < -0.3 is 25.7 Å². The van der Waals surface area contributed by atoms with E-state index < -0.39 is 36.9 Å². The topological polar surface area (TPSA) is 110 Å². The van der Waals surface area contributed by atoms with Crippen molar-refractivity contribution in [1.29, 1.82) is 0 Å². The molecule has 0 spiro atoms. The summed E-state index contributed by atoms with van der Waals surface area (Å²) in [6.45, 7) is 3.96. The van der Waals surface area contributed by atoms with Gasteiger partial charge >= 0.3 is 0 Å². The van der Waals surface area contributed by atoms with Gasteiger partial charge in [-0.2, -0.15) is 0 Å². The van der Waals surface area contributed by atoms with Crippen molar-refractivity contribution in [1.82, 2.24) is 5.32 Å². The Labute approximate surface area is 354 Å².